The van der Waals surface area contributed by atoms with Crippen LogP contribution >= 0.6 is 27.7 Å². The molecule has 0 N–H and O–H groups in total. The van der Waals surface area contributed by atoms with E-state index in [1.165, 1.54) is 6.07 Å². The lowest BCUT2D eigenvalue weighted by molar-refractivity contribution is -0.384. The molecule has 1 fully saturated rings. The van der Waals surface area contributed by atoms with Gasteiger partial charge in [-0.1, -0.05) is 6.92 Å². The SMILES string of the molecule is C[C@H]1CN(c2ncc(Br)cc2[N+](=O)[O-])CCS1. The van der Waals surface area contributed by atoms with Crippen molar-refractivity contribution in [1.29, 1.82) is 0 Å². The molecule has 5 nitrogen and oxygen atoms in total. The minimum atomic E-state index is -0.375. The number of halogens is 1. The van der Waals surface area contributed by atoms with E-state index in [2.05, 4.69) is 27.8 Å². The van der Waals surface area contributed by atoms with Crippen LogP contribution in [0.2, 0.25) is 0 Å². The average Bonchev–Trinajstić information content (AvgIpc) is 2.28. The van der Waals surface area contributed by atoms with Crippen molar-refractivity contribution in [1.82, 2.24) is 4.98 Å². The summed E-state index contributed by atoms with van der Waals surface area (Å²) in [4.78, 5) is 16.8. The maximum absolute atomic E-state index is 11.0. The highest BCUT2D eigenvalue weighted by Gasteiger charge is 2.25. The summed E-state index contributed by atoms with van der Waals surface area (Å²) in [5.74, 6) is 1.46. The van der Waals surface area contributed by atoms with E-state index < -0.39 is 0 Å². The van der Waals surface area contributed by atoms with Gasteiger partial charge in [0.05, 0.1) is 4.92 Å². The molecule has 0 unspecified atom stereocenters. The topological polar surface area (TPSA) is 59.3 Å². The number of hydrogen-bond donors (Lipinski definition) is 0. The molecule has 0 aliphatic carbocycles. The van der Waals surface area contributed by atoms with Gasteiger partial charge in [-0.2, -0.15) is 11.8 Å². The second kappa shape index (κ2) is 5.22. The normalized spacial score (nSPS) is 20.4. The standard InChI is InChI=1S/C10H12BrN3O2S/c1-7-6-13(2-3-17-7)10-9(14(15)16)4-8(11)5-12-10/h4-5,7H,2-3,6H2,1H3/t7-/m0/s1. The molecule has 2 rings (SSSR count). The van der Waals surface area contributed by atoms with Crippen molar-refractivity contribution < 1.29 is 4.92 Å². The van der Waals surface area contributed by atoms with Gasteiger partial charge in [-0.3, -0.25) is 10.1 Å². The average molecular weight is 318 g/mol. The number of thioether (sulfide) groups is 1. The molecule has 1 saturated heterocycles. The molecule has 17 heavy (non-hydrogen) atoms. The fraction of sp³-hybridized carbons (Fsp3) is 0.500. The Hall–Kier alpha value is -0.820. The van der Waals surface area contributed by atoms with Crippen LogP contribution in [0.25, 0.3) is 0 Å². The Morgan fingerprint density at radius 1 is 1.71 bits per heavy atom. The van der Waals surface area contributed by atoms with Crippen molar-refractivity contribution in [3.63, 3.8) is 0 Å². The van der Waals surface area contributed by atoms with E-state index in [0.29, 0.717) is 15.5 Å². The summed E-state index contributed by atoms with van der Waals surface area (Å²) in [7, 11) is 0. The lowest BCUT2D eigenvalue weighted by Crippen LogP contribution is -2.37. The summed E-state index contributed by atoms with van der Waals surface area (Å²) in [6, 6.07) is 1.51. The summed E-state index contributed by atoms with van der Waals surface area (Å²) in [5, 5.41) is 11.5. The third-order valence-corrected chi connectivity index (χ3v) is 4.12. The van der Waals surface area contributed by atoms with Crippen LogP contribution in [-0.4, -0.2) is 34.0 Å². The zero-order chi connectivity index (χ0) is 12.4. The number of nitrogens with zero attached hydrogens (tertiary/aromatic N) is 3. The second-order valence-corrected chi connectivity index (χ2v) is 6.34. The molecule has 92 valence electrons. The summed E-state index contributed by atoms with van der Waals surface area (Å²) in [5.41, 5.74) is 0.0680. The van der Waals surface area contributed by atoms with Gasteiger partial charge in [-0.05, 0) is 15.9 Å². The van der Waals surface area contributed by atoms with Crippen LogP contribution in [0, 0.1) is 10.1 Å². The van der Waals surface area contributed by atoms with E-state index in [9.17, 15) is 10.1 Å². The molecule has 7 heteroatoms. The van der Waals surface area contributed by atoms with E-state index in [1.807, 2.05) is 16.7 Å². The molecule has 0 saturated carbocycles. The van der Waals surface area contributed by atoms with E-state index >= 15 is 0 Å². The van der Waals surface area contributed by atoms with Crippen LogP contribution in [0.5, 0.6) is 0 Å². The molecule has 0 spiro atoms. The first-order valence-electron chi connectivity index (χ1n) is 5.24. The van der Waals surface area contributed by atoms with Crippen molar-refractivity contribution in [3.8, 4) is 0 Å². The molecule has 1 aliphatic heterocycles. The van der Waals surface area contributed by atoms with Gasteiger partial charge < -0.3 is 4.90 Å². The fourth-order valence-electron chi connectivity index (χ4n) is 1.81. The summed E-state index contributed by atoms with van der Waals surface area (Å²) >= 11 is 5.10. The van der Waals surface area contributed by atoms with Crippen LogP contribution in [0.15, 0.2) is 16.7 Å². The zero-order valence-corrected chi connectivity index (χ0v) is 11.7. The Balaban J connectivity index is 2.33. The van der Waals surface area contributed by atoms with Gasteiger partial charge in [-0.15, -0.1) is 0 Å². The van der Waals surface area contributed by atoms with E-state index in [-0.39, 0.29) is 10.6 Å². The summed E-state index contributed by atoms with van der Waals surface area (Å²) in [6.07, 6.45) is 1.61. The molecule has 0 amide bonds. The molecule has 0 aromatic carbocycles. The van der Waals surface area contributed by atoms with Crippen molar-refractivity contribution in [2.75, 3.05) is 23.7 Å². The van der Waals surface area contributed by atoms with E-state index in [4.69, 9.17) is 0 Å². The van der Waals surface area contributed by atoms with Crippen LogP contribution in [-0.2, 0) is 0 Å². The molecule has 0 radical (unpaired) electrons. The maximum Gasteiger partial charge on any atom is 0.312 e. The highest BCUT2D eigenvalue weighted by molar-refractivity contribution is 9.10. The minimum absolute atomic E-state index is 0.0680. The smallest absolute Gasteiger partial charge is 0.312 e. The van der Waals surface area contributed by atoms with Crippen LogP contribution < -0.4 is 4.90 Å². The van der Waals surface area contributed by atoms with Gasteiger partial charge in [-0.25, -0.2) is 4.98 Å². The molecule has 2 heterocycles. The Bertz CT molecular complexity index is 444. The lowest BCUT2D eigenvalue weighted by Gasteiger charge is -2.31. The molecule has 1 aromatic rings. The fourth-order valence-corrected chi connectivity index (χ4v) is 3.14. The Labute approximate surface area is 112 Å². The number of pyridine rings is 1. The number of rotatable bonds is 2. The third-order valence-electron chi connectivity index (χ3n) is 2.55. The summed E-state index contributed by atoms with van der Waals surface area (Å²) < 4.78 is 0.632. The van der Waals surface area contributed by atoms with Crippen molar-refractivity contribution in [3.05, 3.63) is 26.9 Å². The van der Waals surface area contributed by atoms with E-state index in [1.54, 1.807) is 6.20 Å². The zero-order valence-electron chi connectivity index (χ0n) is 9.30. The van der Waals surface area contributed by atoms with Gasteiger partial charge in [0.25, 0.3) is 0 Å². The van der Waals surface area contributed by atoms with Gasteiger partial charge >= 0.3 is 5.69 Å². The molecule has 1 aromatic heterocycles. The summed E-state index contributed by atoms with van der Waals surface area (Å²) in [6.45, 7) is 3.74. The van der Waals surface area contributed by atoms with Gasteiger partial charge in [0.2, 0.25) is 5.82 Å². The first-order chi connectivity index (χ1) is 8.08. The van der Waals surface area contributed by atoms with Crippen molar-refractivity contribution in [2.24, 2.45) is 0 Å². The predicted molar refractivity (Wildman–Crippen MR) is 72.7 cm³/mol. The Morgan fingerprint density at radius 2 is 2.47 bits per heavy atom. The molecule has 1 atom stereocenters. The molecule has 0 bridgehead atoms. The second-order valence-electron chi connectivity index (χ2n) is 3.88. The highest BCUT2D eigenvalue weighted by atomic mass is 79.9. The number of aromatic nitrogens is 1. The van der Waals surface area contributed by atoms with Crippen LogP contribution in [0.4, 0.5) is 11.5 Å². The third kappa shape index (κ3) is 2.90. The van der Waals surface area contributed by atoms with E-state index in [0.717, 1.165) is 18.8 Å². The predicted octanol–water partition coefficient (Wildman–Crippen LogP) is 2.69. The van der Waals surface area contributed by atoms with Crippen molar-refractivity contribution in [2.45, 2.75) is 12.2 Å². The Morgan fingerprint density at radius 3 is 3.12 bits per heavy atom. The largest absolute Gasteiger partial charge is 0.349 e. The Kier molecular flexibility index (Phi) is 3.88. The minimum Gasteiger partial charge on any atom is -0.349 e. The first-order valence-corrected chi connectivity index (χ1v) is 7.08. The van der Waals surface area contributed by atoms with Gasteiger partial charge in [0, 0.05) is 40.8 Å². The molecular weight excluding hydrogens is 306 g/mol. The monoisotopic (exact) mass is 317 g/mol. The number of nitro groups is 1. The lowest BCUT2D eigenvalue weighted by atomic mass is 10.3. The number of hydrogen-bond acceptors (Lipinski definition) is 5. The van der Waals surface area contributed by atoms with Gasteiger partial charge in [0.15, 0.2) is 0 Å². The van der Waals surface area contributed by atoms with Gasteiger partial charge in [0.1, 0.15) is 0 Å². The van der Waals surface area contributed by atoms with Crippen LogP contribution in [0.3, 0.4) is 0 Å². The number of anilines is 1. The maximum atomic E-state index is 11.0. The quantitative estimate of drug-likeness (QED) is 0.620. The van der Waals surface area contributed by atoms with Crippen LogP contribution in [0.1, 0.15) is 6.92 Å². The first kappa shape index (κ1) is 12.6. The highest BCUT2D eigenvalue weighted by Crippen LogP contribution is 2.31. The van der Waals surface area contributed by atoms with Crippen molar-refractivity contribution >= 4 is 39.2 Å². The molecule has 1 aliphatic rings. The molecular formula is C10H12BrN3O2S.